The minimum absolute atomic E-state index is 0.236. The van der Waals surface area contributed by atoms with Crippen molar-refractivity contribution in [2.24, 2.45) is 0 Å². The average Bonchev–Trinajstić information content (AvgIpc) is 2.27. The molecule has 0 bridgehead atoms. The molecule has 0 spiro atoms. The molecule has 1 aromatic heterocycles. The topological polar surface area (TPSA) is 28.7 Å². The number of rotatable bonds is 2. The molecular formula is C11H8BrFN2S. The first-order chi connectivity index (χ1) is 7.65. The van der Waals surface area contributed by atoms with E-state index in [9.17, 15) is 4.39 Å². The fourth-order valence-corrected chi connectivity index (χ4v) is 1.67. The van der Waals surface area contributed by atoms with Crippen LogP contribution in [0.5, 0.6) is 0 Å². The molecule has 1 aromatic carbocycles. The summed E-state index contributed by atoms with van der Waals surface area (Å²) in [5.41, 5.74) is 0.988. The SMILES string of the molecule is Fc1ccc(Cc2ncc(Br)c(=S)[nH]2)cc1. The molecule has 2 nitrogen and oxygen atoms in total. The number of halogens is 2. The molecule has 0 aliphatic rings. The van der Waals surface area contributed by atoms with Crippen LogP contribution in [0.4, 0.5) is 4.39 Å². The first-order valence-corrected chi connectivity index (χ1v) is 5.83. The van der Waals surface area contributed by atoms with Crippen LogP contribution in [0.15, 0.2) is 34.9 Å². The van der Waals surface area contributed by atoms with Crippen molar-refractivity contribution in [1.29, 1.82) is 0 Å². The summed E-state index contributed by atoms with van der Waals surface area (Å²) in [5, 5.41) is 0. The van der Waals surface area contributed by atoms with E-state index in [1.165, 1.54) is 12.1 Å². The van der Waals surface area contributed by atoms with Crippen LogP contribution >= 0.6 is 28.1 Å². The lowest BCUT2D eigenvalue weighted by Gasteiger charge is -2.01. The minimum atomic E-state index is -0.236. The summed E-state index contributed by atoms with van der Waals surface area (Å²) in [4.78, 5) is 7.20. The van der Waals surface area contributed by atoms with Gasteiger partial charge in [0.15, 0.2) is 0 Å². The van der Waals surface area contributed by atoms with E-state index < -0.39 is 0 Å². The van der Waals surface area contributed by atoms with Crippen LogP contribution in [0.3, 0.4) is 0 Å². The maximum Gasteiger partial charge on any atom is 0.123 e. The highest BCUT2D eigenvalue weighted by molar-refractivity contribution is 9.10. The van der Waals surface area contributed by atoms with Crippen LogP contribution in [0.2, 0.25) is 0 Å². The molecule has 0 saturated heterocycles. The Morgan fingerprint density at radius 2 is 2.00 bits per heavy atom. The van der Waals surface area contributed by atoms with Crippen LogP contribution in [-0.4, -0.2) is 9.97 Å². The van der Waals surface area contributed by atoms with E-state index in [0.29, 0.717) is 11.1 Å². The first-order valence-electron chi connectivity index (χ1n) is 4.63. The van der Waals surface area contributed by atoms with Crippen molar-refractivity contribution in [3.63, 3.8) is 0 Å². The number of nitrogens with zero attached hydrogens (tertiary/aromatic N) is 1. The van der Waals surface area contributed by atoms with Gasteiger partial charge >= 0.3 is 0 Å². The van der Waals surface area contributed by atoms with Gasteiger partial charge in [0, 0.05) is 12.6 Å². The molecule has 0 unspecified atom stereocenters. The molecule has 82 valence electrons. The van der Waals surface area contributed by atoms with Crippen molar-refractivity contribution in [1.82, 2.24) is 9.97 Å². The minimum Gasteiger partial charge on any atom is -0.334 e. The second-order valence-electron chi connectivity index (χ2n) is 3.31. The Morgan fingerprint density at radius 1 is 1.31 bits per heavy atom. The third-order valence-corrected chi connectivity index (χ3v) is 3.28. The highest BCUT2D eigenvalue weighted by Crippen LogP contribution is 2.11. The van der Waals surface area contributed by atoms with Crippen LogP contribution in [0.25, 0.3) is 0 Å². The van der Waals surface area contributed by atoms with Crippen molar-refractivity contribution in [2.45, 2.75) is 6.42 Å². The second kappa shape index (κ2) is 4.84. The predicted octanol–water partition coefficient (Wildman–Crippen LogP) is 3.63. The quantitative estimate of drug-likeness (QED) is 0.858. The van der Waals surface area contributed by atoms with E-state index in [2.05, 4.69) is 25.9 Å². The molecule has 0 amide bonds. The zero-order valence-electron chi connectivity index (χ0n) is 8.21. The Morgan fingerprint density at radius 3 is 2.62 bits per heavy atom. The van der Waals surface area contributed by atoms with Gasteiger partial charge in [0.1, 0.15) is 16.3 Å². The predicted molar refractivity (Wildman–Crippen MR) is 66.3 cm³/mol. The number of hydrogen-bond donors (Lipinski definition) is 1. The summed E-state index contributed by atoms with van der Waals surface area (Å²) in [6.45, 7) is 0. The molecule has 0 aliphatic heterocycles. The summed E-state index contributed by atoms with van der Waals surface area (Å²) >= 11 is 8.35. The van der Waals surface area contributed by atoms with Crippen LogP contribution in [0.1, 0.15) is 11.4 Å². The monoisotopic (exact) mass is 298 g/mol. The third kappa shape index (κ3) is 2.74. The zero-order chi connectivity index (χ0) is 11.5. The Bertz CT molecular complexity index is 551. The zero-order valence-corrected chi connectivity index (χ0v) is 10.6. The normalized spacial score (nSPS) is 10.4. The van der Waals surface area contributed by atoms with Gasteiger partial charge in [-0.05, 0) is 33.6 Å². The lowest BCUT2D eigenvalue weighted by molar-refractivity contribution is 0.627. The van der Waals surface area contributed by atoms with Gasteiger partial charge in [-0.15, -0.1) is 0 Å². The van der Waals surface area contributed by atoms with Crippen molar-refractivity contribution in [3.05, 3.63) is 56.8 Å². The molecule has 5 heteroatoms. The summed E-state index contributed by atoms with van der Waals surface area (Å²) < 4.78 is 14.1. The highest BCUT2D eigenvalue weighted by Gasteiger charge is 2.00. The Hall–Kier alpha value is -1.07. The van der Waals surface area contributed by atoms with Crippen LogP contribution in [0, 0.1) is 10.5 Å². The standard InChI is InChI=1S/C11H8BrFN2S/c12-9-6-14-10(15-11(9)16)5-7-1-3-8(13)4-2-7/h1-4,6H,5H2,(H,14,15,16). The van der Waals surface area contributed by atoms with Crippen LogP contribution in [-0.2, 0) is 6.42 Å². The summed E-state index contributed by atoms with van der Waals surface area (Å²) in [5.74, 6) is 0.528. The maximum absolute atomic E-state index is 12.7. The fourth-order valence-electron chi connectivity index (χ4n) is 1.30. The Labute approximate surface area is 106 Å². The van der Waals surface area contributed by atoms with Gasteiger partial charge in [-0.25, -0.2) is 9.37 Å². The summed E-state index contributed by atoms with van der Waals surface area (Å²) in [6, 6.07) is 6.33. The van der Waals surface area contributed by atoms with Crippen molar-refractivity contribution in [2.75, 3.05) is 0 Å². The summed E-state index contributed by atoms with van der Waals surface area (Å²) in [7, 11) is 0. The average molecular weight is 299 g/mol. The van der Waals surface area contributed by atoms with Crippen LogP contribution < -0.4 is 0 Å². The summed E-state index contributed by atoms with van der Waals surface area (Å²) in [6.07, 6.45) is 2.27. The molecule has 0 fully saturated rings. The molecular weight excluding hydrogens is 291 g/mol. The van der Waals surface area contributed by atoms with E-state index in [4.69, 9.17) is 12.2 Å². The Balaban J connectivity index is 2.24. The molecule has 0 saturated carbocycles. The maximum atomic E-state index is 12.7. The molecule has 2 rings (SSSR count). The smallest absolute Gasteiger partial charge is 0.123 e. The molecule has 1 N–H and O–H groups in total. The van der Waals surface area contributed by atoms with Gasteiger partial charge < -0.3 is 4.98 Å². The van der Waals surface area contributed by atoms with Gasteiger partial charge in [-0.1, -0.05) is 24.4 Å². The molecule has 0 radical (unpaired) electrons. The van der Waals surface area contributed by atoms with E-state index >= 15 is 0 Å². The lowest BCUT2D eigenvalue weighted by atomic mass is 10.1. The largest absolute Gasteiger partial charge is 0.334 e. The lowest BCUT2D eigenvalue weighted by Crippen LogP contribution is -1.96. The molecule has 1 heterocycles. The first kappa shape index (κ1) is 11.4. The van der Waals surface area contributed by atoms with Gasteiger partial charge in [-0.3, -0.25) is 0 Å². The second-order valence-corrected chi connectivity index (χ2v) is 4.57. The van der Waals surface area contributed by atoms with Crippen molar-refractivity contribution in [3.8, 4) is 0 Å². The number of H-pyrrole nitrogens is 1. The number of aromatic amines is 1. The number of aromatic nitrogens is 2. The van der Waals surface area contributed by atoms with E-state index in [0.717, 1.165) is 15.9 Å². The molecule has 16 heavy (non-hydrogen) atoms. The van der Waals surface area contributed by atoms with E-state index in [1.54, 1.807) is 18.3 Å². The highest BCUT2D eigenvalue weighted by atomic mass is 79.9. The number of hydrogen-bond acceptors (Lipinski definition) is 2. The fraction of sp³-hybridized carbons (Fsp3) is 0.0909. The number of benzene rings is 1. The molecule has 0 aliphatic carbocycles. The number of nitrogens with one attached hydrogen (secondary N) is 1. The van der Waals surface area contributed by atoms with E-state index in [1.807, 2.05) is 0 Å². The molecule has 2 aromatic rings. The van der Waals surface area contributed by atoms with Gasteiger partial charge in [0.25, 0.3) is 0 Å². The Kier molecular flexibility index (Phi) is 3.46. The van der Waals surface area contributed by atoms with Gasteiger partial charge in [0.2, 0.25) is 0 Å². The van der Waals surface area contributed by atoms with Crippen molar-refractivity contribution < 1.29 is 4.39 Å². The van der Waals surface area contributed by atoms with E-state index in [-0.39, 0.29) is 5.82 Å². The van der Waals surface area contributed by atoms with Gasteiger partial charge in [-0.2, -0.15) is 0 Å². The van der Waals surface area contributed by atoms with Crippen molar-refractivity contribution >= 4 is 28.1 Å². The third-order valence-electron chi connectivity index (χ3n) is 2.09. The molecule has 0 atom stereocenters. The van der Waals surface area contributed by atoms with Gasteiger partial charge in [0.05, 0.1) is 4.47 Å².